The van der Waals surface area contributed by atoms with E-state index in [0.717, 1.165) is 30.6 Å². The Kier molecular flexibility index (Phi) is 7.89. The first-order chi connectivity index (χ1) is 12.5. The fourth-order valence-corrected chi connectivity index (χ4v) is 3.60. The molecule has 27 heavy (non-hydrogen) atoms. The molecule has 4 N–H and O–H groups in total. The molecular weight excluding hydrogens is 368 g/mol. The van der Waals surface area contributed by atoms with Crippen LogP contribution in [0.2, 0.25) is 0 Å². The van der Waals surface area contributed by atoms with Gasteiger partial charge >= 0.3 is 6.03 Å². The number of aryl methyl sites for hydroxylation is 1. The maximum absolute atomic E-state index is 12.5. The van der Waals surface area contributed by atoms with Crippen molar-refractivity contribution in [2.24, 2.45) is 11.8 Å². The maximum atomic E-state index is 12.5. The van der Waals surface area contributed by atoms with Crippen molar-refractivity contribution in [3.05, 3.63) is 29.8 Å². The molecule has 3 rings (SSSR count). The van der Waals surface area contributed by atoms with E-state index in [4.69, 9.17) is 0 Å². The molecule has 1 aromatic carbocycles. The van der Waals surface area contributed by atoms with Crippen molar-refractivity contribution in [2.45, 2.75) is 25.9 Å². The minimum absolute atomic E-state index is 0. The monoisotopic (exact) mass is 396 g/mol. The van der Waals surface area contributed by atoms with Crippen molar-refractivity contribution in [3.8, 4) is 0 Å². The second-order valence-electron chi connectivity index (χ2n) is 7.32. The third-order valence-electron chi connectivity index (χ3n) is 5.19. The van der Waals surface area contributed by atoms with Crippen LogP contribution in [0.15, 0.2) is 24.3 Å². The zero-order chi connectivity index (χ0) is 18.5. The van der Waals surface area contributed by atoms with Crippen LogP contribution < -0.4 is 16.0 Å². The number of halogens is 1. The van der Waals surface area contributed by atoms with E-state index < -0.39 is 6.10 Å². The van der Waals surface area contributed by atoms with Crippen LogP contribution in [0.1, 0.15) is 18.4 Å². The van der Waals surface area contributed by atoms with Gasteiger partial charge < -0.3 is 26.0 Å². The first kappa shape index (κ1) is 21.5. The quantitative estimate of drug-likeness (QED) is 0.618. The van der Waals surface area contributed by atoms with E-state index in [0.29, 0.717) is 26.2 Å². The molecule has 2 aliphatic rings. The molecule has 2 aliphatic heterocycles. The molecule has 2 fully saturated rings. The van der Waals surface area contributed by atoms with Gasteiger partial charge in [-0.05, 0) is 37.5 Å². The number of β-amino-alcohol motifs (C(OH)–C–C–N with tert-alkyl or cyclic N) is 1. The number of hydrogen-bond acceptors (Lipinski definition) is 4. The van der Waals surface area contributed by atoms with Crippen LogP contribution in [0.3, 0.4) is 0 Å². The molecule has 1 aromatic rings. The van der Waals surface area contributed by atoms with Crippen molar-refractivity contribution in [1.29, 1.82) is 0 Å². The fraction of sp³-hybridized carbons (Fsp3) is 0.579. The molecule has 0 radical (unpaired) electrons. The van der Waals surface area contributed by atoms with Gasteiger partial charge in [0, 0.05) is 44.3 Å². The van der Waals surface area contributed by atoms with Crippen molar-refractivity contribution in [3.63, 3.8) is 0 Å². The number of amides is 3. The van der Waals surface area contributed by atoms with E-state index in [9.17, 15) is 14.7 Å². The summed E-state index contributed by atoms with van der Waals surface area (Å²) in [6.07, 6.45) is 1.19. The van der Waals surface area contributed by atoms with Crippen LogP contribution in [0.5, 0.6) is 0 Å². The van der Waals surface area contributed by atoms with Gasteiger partial charge in [0.25, 0.3) is 0 Å². The SMILES string of the molecule is Cc1cccc(NC(=O)N2CCCC(C(=O)NCC3CNCC3O)C2)c1.Cl. The van der Waals surface area contributed by atoms with Crippen molar-refractivity contribution >= 4 is 30.0 Å². The predicted octanol–water partition coefficient (Wildman–Crippen LogP) is 1.36. The fourth-order valence-electron chi connectivity index (χ4n) is 3.60. The highest BCUT2D eigenvalue weighted by molar-refractivity contribution is 5.90. The first-order valence-electron chi connectivity index (χ1n) is 9.32. The molecule has 0 saturated carbocycles. The number of nitrogens with one attached hydrogen (secondary N) is 3. The lowest BCUT2D eigenvalue weighted by molar-refractivity contribution is -0.126. The second kappa shape index (κ2) is 9.92. The lowest BCUT2D eigenvalue weighted by Crippen LogP contribution is -2.47. The number of likely N-dealkylation sites (tertiary alicyclic amines) is 1. The van der Waals surface area contributed by atoms with Crippen LogP contribution in [0.4, 0.5) is 10.5 Å². The lowest BCUT2D eigenvalue weighted by atomic mass is 9.97. The summed E-state index contributed by atoms with van der Waals surface area (Å²) in [6, 6.07) is 7.51. The van der Waals surface area contributed by atoms with Gasteiger partial charge in [0.2, 0.25) is 5.91 Å². The second-order valence-corrected chi connectivity index (χ2v) is 7.32. The Morgan fingerprint density at radius 3 is 2.85 bits per heavy atom. The number of piperidine rings is 1. The van der Waals surface area contributed by atoms with E-state index in [1.807, 2.05) is 31.2 Å². The van der Waals surface area contributed by atoms with Crippen LogP contribution in [-0.2, 0) is 4.79 Å². The Morgan fingerprint density at radius 1 is 1.33 bits per heavy atom. The topological polar surface area (TPSA) is 93.7 Å². The molecule has 0 spiro atoms. The van der Waals surface area contributed by atoms with Gasteiger partial charge in [0.05, 0.1) is 12.0 Å². The summed E-state index contributed by atoms with van der Waals surface area (Å²) >= 11 is 0. The Morgan fingerprint density at radius 2 is 2.15 bits per heavy atom. The standard InChI is InChI=1S/C19H28N4O3.ClH/c1-13-4-2-6-16(8-13)22-19(26)23-7-3-5-14(12-23)18(25)21-10-15-9-20-11-17(15)24;/h2,4,6,8,14-15,17,20,24H,3,5,7,9-12H2,1H3,(H,21,25)(H,22,26);1H. The third kappa shape index (κ3) is 5.82. The van der Waals surface area contributed by atoms with Gasteiger partial charge in [-0.25, -0.2) is 4.79 Å². The van der Waals surface area contributed by atoms with Gasteiger partial charge in [-0.1, -0.05) is 12.1 Å². The van der Waals surface area contributed by atoms with Crippen LogP contribution in [-0.4, -0.2) is 60.8 Å². The number of rotatable bonds is 4. The molecule has 3 amide bonds. The van der Waals surface area contributed by atoms with Gasteiger partial charge in [-0.2, -0.15) is 0 Å². The molecule has 0 bridgehead atoms. The summed E-state index contributed by atoms with van der Waals surface area (Å²) in [5.41, 5.74) is 1.85. The normalized spacial score (nSPS) is 24.8. The minimum atomic E-state index is -0.404. The maximum Gasteiger partial charge on any atom is 0.321 e. The molecule has 3 unspecified atom stereocenters. The number of carbonyl (C=O) groups is 2. The van der Waals surface area contributed by atoms with Gasteiger partial charge in [0.15, 0.2) is 0 Å². The molecule has 2 saturated heterocycles. The summed E-state index contributed by atoms with van der Waals surface area (Å²) < 4.78 is 0. The van der Waals surface area contributed by atoms with Crippen LogP contribution in [0.25, 0.3) is 0 Å². The van der Waals surface area contributed by atoms with Crippen molar-refractivity contribution in [2.75, 3.05) is 38.0 Å². The number of nitrogens with zero attached hydrogens (tertiary/aromatic N) is 1. The highest BCUT2D eigenvalue weighted by Gasteiger charge is 2.30. The lowest BCUT2D eigenvalue weighted by Gasteiger charge is -2.32. The van der Waals surface area contributed by atoms with E-state index in [-0.39, 0.29) is 36.2 Å². The average Bonchev–Trinajstić information content (AvgIpc) is 3.05. The number of carbonyl (C=O) groups excluding carboxylic acids is 2. The van der Waals surface area contributed by atoms with E-state index in [2.05, 4.69) is 16.0 Å². The number of benzene rings is 1. The predicted molar refractivity (Wildman–Crippen MR) is 107 cm³/mol. The molecule has 7 nitrogen and oxygen atoms in total. The molecule has 150 valence electrons. The van der Waals surface area contributed by atoms with Crippen molar-refractivity contribution < 1.29 is 14.7 Å². The highest BCUT2D eigenvalue weighted by atomic mass is 35.5. The smallest absolute Gasteiger partial charge is 0.321 e. The van der Waals surface area contributed by atoms with E-state index in [1.54, 1.807) is 4.90 Å². The Balaban J connectivity index is 0.00000261. The van der Waals surface area contributed by atoms with E-state index in [1.165, 1.54) is 0 Å². The minimum Gasteiger partial charge on any atom is -0.391 e. The first-order valence-corrected chi connectivity index (χ1v) is 9.32. The zero-order valence-electron chi connectivity index (χ0n) is 15.6. The largest absolute Gasteiger partial charge is 0.391 e. The average molecular weight is 397 g/mol. The van der Waals surface area contributed by atoms with Crippen LogP contribution >= 0.6 is 12.4 Å². The third-order valence-corrected chi connectivity index (χ3v) is 5.19. The summed E-state index contributed by atoms with van der Waals surface area (Å²) in [6.45, 7) is 4.84. The van der Waals surface area contributed by atoms with E-state index >= 15 is 0 Å². The molecule has 2 heterocycles. The van der Waals surface area contributed by atoms with Crippen LogP contribution in [0, 0.1) is 18.8 Å². The van der Waals surface area contributed by atoms with Gasteiger partial charge in [0.1, 0.15) is 0 Å². The number of urea groups is 1. The molecule has 0 aromatic heterocycles. The number of hydrogen-bond donors (Lipinski definition) is 4. The summed E-state index contributed by atoms with van der Waals surface area (Å²) in [5.74, 6) is -0.168. The Labute approximate surface area is 166 Å². The number of aliphatic hydroxyl groups is 1. The zero-order valence-corrected chi connectivity index (χ0v) is 16.4. The summed E-state index contributed by atoms with van der Waals surface area (Å²) in [7, 11) is 0. The molecule has 8 heteroatoms. The Hall–Kier alpha value is -1.83. The van der Waals surface area contributed by atoms with Gasteiger partial charge in [-0.15, -0.1) is 12.4 Å². The van der Waals surface area contributed by atoms with Gasteiger partial charge in [-0.3, -0.25) is 4.79 Å². The number of anilines is 1. The molecular formula is C19H29ClN4O3. The molecule has 0 aliphatic carbocycles. The number of aliphatic hydroxyl groups excluding tert-OH is 1. The summed E-state index contributed by atoms with van der Waals surface area (Å²) in [4.78, 5) is 26.7. The highest BCUT2D eigenvalue weighted by Crippen LogP contribution is 2.19. The molecule has 3 atom stereocenters. The van der Waals surface area contributed by atoms with Crippen molar-refractivity contribution in [1.82, 2.24) is 15.5 Å². The Bertz CT molecular complexity index is 658. The summed E-state index contributed by atoms with van der Waals surface area (Å²) in [5, 5.41) is 18.8.